The Bertz CT molecular complexity index is 779. The Balaban J connectivity index is 1.94. The monoisotopic (exact) mass is 387 g/mol. The molecule has 1 aromatic heterocycles. The second kappa shape index (κ2) is 5.39. The molecule has 112 valence electrons. The van der Waals surface area contributed by atoms with Gasteiger partial charge in [0.15, 0.2) is 0 Å². The van der Waals surface area contributed by atoms with E-state index in [2.05, 4.69) is 15.9 Å². The van der Waals surface area contributed by atoms with Crippen molar-refractivity contribution in [2.24, 2.45) is 0 Å². The molecule has 0 bridgehead atoms. The number of thiophene rings is 1. The van der Waals surface area contributed by atoms with Crippen LogP contribution in [0.5, 0.6) is 5.75 Å². The zero-order valence-electron chi connectivity index (χ0n) is 11.3. The fraction of sp³-hybridized carbons (Fsp3) is 0.286. The molecule has 0 saturated carbocycles. The van der Waals surface area contributed by atoms with Gasteiger partial charge in [-0.25, -0.2) is 8.42 Å². The molecule has 1 aliphatic rings. The minimum atomic E-state index is -3.48. The number of benzene rings is 1. The maximum Gasteiger partial charge on any atom is 0.252 e. The van der Waals surface area contributed by atoms with Crippen molar-refractivity contribution in [3.63, 3.8) is 0 Å². The Hall–Kier alpha value is -0.890. The van der Waals surface area contributed by atoms with Gasteiger partial charge in [-0.2, -0.15) is 4.31 Å². The van der Waals surface area contributed by atoms with E-state index in [1.165, 1.54) is 15.6 Å². The first-order valence-electron chi connectivity index (χ1n) is 6.45. The summed E-state index contributed by atoms with van der Waals surface area (Å²) in [7, 11) is -3.48. The Morgan fingerprint density at radius 2 is 2.05 bits per heavy atom. The summed E-state index contributed by atoms with van der Waals surface area (Å²) < 4.78 is 28.1. The Labute approximate surface area is 136 Å². The number of nitrogens with zero attached hydrogens (tertiary/aromatic N) is 1. The smallest absolute Gasteiger partial charge is 0.252 e. The van der Waals surface area contributed by atoms with E-state index >= 15 is 0 Å². The lowest BCUT2D eigenvalue weighted by molar-refractivity contribution is 0.390. The molecule has 2 heterocycles. The summed E-state index contributed by atoms with van der Waals surface area (Å²) in [5, 5.41) is 9.56. The van der Waals surface area contributed by atoms with Crippen LogP contribution < -0.4 is 0 Å². The predicted octanol–water partition coefficient (Wildman–Crippen LogP) is 3.27. The molecule has 0 unspecified atom stereocenters. The van der Waals surface area contributed by atoms with Crippen molar-refractivity contribution in [2.45, 2.75) is 24.1 Å². The van der Waals surface area contributed by atoms with Crippen LogP contribution in [-0.2, 0) is 23.0 Å². The Morgan fingerprint density at radius 3 is 2.71 bits per heavy atom. The molecule has 1 aromatic carbocycles. The number of hydrogen-bond donors (Lipinski definition) is 1. The minimum Gasteiger partial charge on any atom is -0.508 e. The summed E-state index contributed by atoms with van der Waals surface area (Å²) in [5.41, 5.74) is 2.90. The van der Waals surface area contributed by atoms with Gasteiger partial charge in [-0.05, 0) is 64.2 Å². The van der Waals surface area contributed by atoms with Gasteiger partial charge < -0.3 is 5.11 Å². The summed E-state index contributed by atoms with van der Waals surface area (Å²) >= 11 is 4.61. The Kier molecular flexibility index (Phi) is 3.85. The van der Waals surface area contributed by atoms with Crippen LogP contribution in [0.3, 0.4) is 0 Å². The van der Waals surface area contributed by atoms with Crippen molar-refractivity contribution in [3.8, 4) is 5.75 Å². The van der Waals surface area contributed by atoms with E-state index in [1.54, 1.807) is 18.2 Å². The number of fused-ring (bicyclic) bond motifs is 1. The van der Waals surface area contributed by atoms with Gasteiger partial charge >= 0.3 is 0 Å². The molecule has 0 aliphatic carbocycles. The highest BCUT2D eigenvalue weighted by Crippen LogP contribution is 2.34. The molecule has 0 amide bonds. The zero-order chi connectivity index (χ0) is 15.2. The third-order valence-corrected chi connectivity index (χ3v) is 8.03. The van der Waals surface area contributed by atoms with Crippen molar-refractivity contribution < 1.29 is 13.5 Å². The minimum absolute atomic E-state index is 0.169. The Morgan fingerprint density at radius 1 is 1.29 bits per heavy atom. The lowest BCUT2D eigenvalue weighted by Gasteiger charge is -2.27. The van der Waals surface area contributed by atoms with E-state index in [-0.39, 0.29) is 5.75 Å². The van der Waals surface area contributed by atoms with Crippen LogP contribution >= 0.6 is 27.3 Å². The van der Waals surface area contributed by atoms with Gasteiger partial charge in [0.05, 0.1) is 3.79 Å². The SMILES string of the molecule is Cc1cc(S(=O)(=O)N2CCc3ccc(O)cc3C2)sc1Br. The van der Waals surface area contributed by atoms with Gasteiger partial charge in [-0.1, -0.05) is 6.07 Å². The van der Waals surface area contributed by atoms with Crippen LogP contribution in [0.25, 0.3) is 0 Å². The lowest BCUT2D eigenvalue weighted by atomic mass is 10.0. The number of hydrogen-bond acceptors (Lipinski definition) is 4. The van der Waals surface area contributed by atoms with Crippen molar-refractivity contribution in [1.29, 1.82) is 0 Å². The third kappa shape index (κ3) is 2.75. The van der Waals surface area contributed by atoms with Crippen molar-refractivity contribution in [3.05, 3.63) is 44.7 Å². The number of rotatable bonds is 2. The molecule has 3 rings (SSSR count). The molecule has 0 saturated heterocycles. The zero-order valence-corrected chi connectivity index (χ0v) is 14.6. The van der Waals surface area contributed by atoms with Gasteiger partial charge in [0.25, 0.3) is 10.0 Å². The molecular formula is C14H14BrNO3S2. The average molecular weight is 388 g/mol. The number of sulfonamides is 1. The normalized spacial score (nSPS) is 15.9. The first kappa shape index (κ1) is 15.0. The number of phenolic OH excluding ortho intramolecular Hbond substituents is 1. The molecule has 1 N–H and O–H groups in total. The number of phenols is 1. The lowest BCUT2D eigenvalue weighted by Crippen LogP contribution is -2.35. The van der Waals surface area contributed by atoms with Crippen LogP contribution in [0, 0.1) is 6.92 Å². The van der Waals surface area contributed by atoms with Crippen LogP contribution in [0.4, 0.5) is 0 Å². The number of halogens is 1. The average Bonchev–Trinajstić information content (AvgIpc) is 2.78. The molecule has 2 aromatic rings. The van der Waals surface area contributed by atoms with E-state index in [9.17, 15) is 13.5 Å². The molecule has 0 radical (unpaired) electrons. The van der Waals surface area contributed by atoms with Crippen LogP contribution in [-0.4, -0.2) is 24.4 Å². The van der Waals surface area contributed by atoms with E-state index in [1.807, 2.05) is 13.0 Å². The number of aryl methyl sites for hydroxylation is 1. The first-order chi connectivity index (χ1) is 9.88. The fourth-order valence-corrected chi connectivity index (χ4v) is 6.21. The van der Waals surface area contributed by atoms with Crippen LogP contribution in [0.2, 0.25) is 0 Å². The van der Waals surface area contributed by atoms with Gasteiger partial charge in [-0.3, -0.25) is 0 Å². The maximum absolute atomic E-state index is 12.7. The maximum atomic E-state index is 12.7. The highest BCUT2D eigenvalue weighted by atomic mass is 79.9. The molecular weight excluding hydrogens is 374 g/mol. The van der Waals surface area contributed by atoms with Gasteiger partial charge in [0, 0.05) is 13.1 Å². The van der Waals surface area contributed by atoms with Gasteiger partial charge in [0.2, 0.25) is 0 Å². The summed E-state index contributed by atoms with van der Waals surface area (Å²) in [4.78, 5) is 0. The largest absolute Gasteiger partial charge is 0.508 e. The molecule has 7 heteroatoms. The summed E-state index contributed by atoms with van der Waals surface area (Å²) in [6.07, 6.45) is 0.667. The number of aromatic hydroxyl groups is 1. The predicted molar refractivity (Wildman–Crippen MR) is 86.2 cm³/mol. The molecule has 1 aliphatic heterocycles. The van der Waals surface area contributed by atoms with Crippen LogP contribution in [0.1, 0.15) is 16.7 Å². The molecule has 0 spiro atoms. The summed E-state index contributed by atoms with van der Waals surface area (Å²) in [6.45, 7) is 2.65. The standard InChI is InChI=1S/C14H14BrNO3S2/c1-9-6-13(20-14(9)15)21(18,19)16-5-4-10-2-3-12(17)7-11(10)8-16/h2-3,6-7,17H,4-5,8H2,1H3. The van der Waals surface area contributed by atoms with Crippen molar-refractivity contribution in [2.75, 3.05) is 6.54 Å². The van der Waals surface area contributed by atoms with E-state index in [4.69, 9.17) is 0 Å². The molecule has 0 atom stereocenters. The quantitative estimate of drug-likeness (QED) is 0.859. The molecule has 4 nitrogen and oxygen atoms in total. The third-order valence-electron chi connectivity index (χ3n) is 3.60. The van der Waals surface area contributed by atoms with E-state index < -0.39 is 10.0 Å². The fourth-order valence-electron chi connectivity index (χ4n) is 2.41. The van der Waals surface area contributed by atoms with Gasteiger partial charge in [0.1, 0.15) is 9.96 Å². The first-order valence-corrected chi connectivity index (χ1v) is 9.50. The van der Waals surface area contributed by atoms with Crippen LogP contribution in [0.15, 0.2) is 32.3 Å². The topological polar surface area (TPSA) is 57.6 Å². The summed E-state index contributed by atoms with van der Waals surface area (Å²) in [6, 6.07) is 6.85. The summed E-state index contributed by atoms with van der Waals surface area (Å²) in [5.74, 6) is 0.169. The second-order valence-electron chi connectivity index (χ2n) is 5.06. The highest BCUT2D eigenvalue weighted by molar-refractivity contribution is 9.11. The second-order valence-corrected chi connectivity index (χ2v) is 9.60. The van der Waals surface area contributed by atoms with E-state index in [0.717, 1.165) is 20.5 Å². The highest BCUT2D eigenvalue weighted by Gasteiger charge is 2.30. The van der Waals surface area contributed by atoms with Gasteiger partial charge in [-0.15, -0.1) is 11.3 Å². The molecule has 21 heavy (non-hydrogen) atoms. The molecule has 0 fully saturated rings. The van der Waals surface area contributed by atoms with E-state index in [0.29, 0.717) is 23.7 Å². The van der Waals surface area contributed by atoms with Crippen molar-refractivity contribution >= 4 is 37.3 Å². The van der Waals surface area contributed by atoms with Crippen molar-refractivity contribution in [1.82, 2.24) is 4.31 Å².